The van der Waals surface area contributed by atoms with E-state index in [1.54, 1.807) is 6.20 Å². The quantitative estimate of drug-likeness (QED) is 0.840. The zero-order chi connectivity index (χ0) is 17.5. The molecule has 0 aromatic carbocycles. The van der Waals surface area contributed by atoms with Crippen molar-refractivity contribution in [2.24, 2.45) is 5.92 Å². The number of aromatic nitrogens is 2. The van der Waals surface area contributed by atoms with Gasteiger partial charge in [-0.1, -0.05) is 19.1 Å². The summed E-state index contributed by atoms with van der Waals surface area (Å²) in [6, 6.07) is 10.7. The maximum Gasteiger partial charge on any atom is 0.217 e. The summed E-state index contributed by atoms with van der Waals surface area (Å²) in [6.45, 7) is 8.91. The van der Waals surface area contributed by atoms with Crippen molar-refractivity contribution in [1.29, 1.82) is 0 Å². The van der Waals surface area contributed by atoms with E-state index >= 15 is 0 Å². The molecule has 1 aliphatic rings. The lowest BCUT2D eigenvalue weighted by atomic mass is 9.93. The first kappa shape index (κ1) is 17.8. The molecule has 5 nitrogen and oxygen atoms in total. The van der Waals surface area contributed by atoms with Crippen LogP contribution in [0.15, 0.2) is 42.7 Å². The highest BCUT2D eigenvalue weighted by molar-refractivity contribution is 5.25. The van der Waals surface area contributed by atoms with Crippen molar-refractivity contribution < 1.29 is 4.74 Å². The molecule has 2 aromatic rings. The third-order valence-corrected chi connectivity index (χ3v) is 4.79. The zero-order valence-electron chi connectivity index (χ0n) is 15.2. The average molecular weight is 340 g/mol. The Labute approximate surface area is 150 Å². The molecule has 2 atom stereocenters. The summed E-state index contributed by atoms with van der Waals surface area (Å²) < 4.78 is 5.62. The highest BCUT2D eigenvalue weighted by atomic mass is 16.5. The van der Waals surface area contributed by atoms with Gasteiger partial charge in [0, 0.05) is 50.2 Å². The van der Waals surface area contributed by atoms with E-state index in [0.29, 0.717) is 18.6 Å². The molecule has 1 fully saturated rings. The highest BCUT2D eigenvalue weighted by Crippen LogP contribution is 2.20. The second-order valence-corrected chi connectivity index (χ2v) is 6.71. The Morgan fingerprint density at radius 2 is 2.08 bits per heavy atom. The Morgan fingerprint density at radius 1 is 1.20 bits per heavy atom. The molecule has 0 aliphatic carbocycles. The number of hydrogen-bond acceptors (Lipinski definition) is 5. The summed E-state index contributed by atoms with van der Waals surface area (Å²) in [6.07, 6.45) is 4.81. The van der Waals surface area contributed by atoms with Crippen LogP contribution in [-0.4, -0.2) is 40.6 Å². The Bertz CT molecular complexity index is 649. The van der Waals surface area contributed by atoms with Crippen molar-refractivity contribution in [3.05, 3.63) is 54.0 Å². The molecule has 2 aromatic heterocycles. The van der Waals surface area contributed by atoms with Gasteiger partial charge >= 0.3 is 0 Å². The van der Waals surface area contributed by atoms with Crippen molar-refractivity contribution in [3.63, 3.8) is 0 Å². The predicted molar refractivity (Wildman–Crippen MR) is 99.3 cm³/mol. The SMILES string of the molecule is CCOc1ncccc1CNC1CCN(Cc2ccccn2)CC1C. The Morgan fingerprint density at radius 3 is 2.84 bits per heavy atom. The van der Waals surface area contributed by atoms with Crippen LogP contribution in [0.2, 0.25) is 0 Å². The first-order valence-electron chi connectivity index (χ1n) is 9.18. The van der Waals surface area contributed by atoms with E-state index in [2.05, 4.69) is 45.3 Å². The van der Waals surface area contributed by atoms with Gasteiger partial charge in [-0.15, -0.1) is 0 Å². The van der Waals surface area contributed by atoms with Crippen LogP contribution in [-0.2, 0) is 13.1 Å². The zero-order valence-corrected chi connectivity index (χ0v) is 15.2. The molecule has 0 saturated carbocycles. The lowest BCUT2D eigenvalue weighted by Crippen LogP contribution is -2.47. The first-order valence-corrected chi connectivity index (χ1v) is 9.18. The molecule has 2 unspecified atom stereocenters. The summed E-state index contributed by atoms with van der Waals surface area (Å²) in [5.74, 6) is 1.35. The van der Waals surface area contributed by atoms with Crippen LogP contribution in [0.25, 0.3) is 0 Å². The van der Waals surface area contributed by atoms with Gasteiger partial charge in [0.25, 0.3) is 0 Å². The van der Waals surface area contributed by atoms with Crippen LogP contribution >= 0.6 is 0 Å². The minimum Gasteiger partial charge on any atom is -0.478 e. The van der Waals surface area contributed by atoms with E-state index in [1.165, 1.54) is 0 Å². The van der Waals surface area contributed by atoms with Crippen LogP contribution < -0.4 is 10.1 Å². The van der Waals surface area contributed by atoms with Gasteiger partial charge in [0.2, 0.25) is 5.88 Å². The van der Waals surface area contributed by atoms with Crippen molar-refractivity contribution in [2.75, 3.05) is 19.7 Å². The lowest BCUT2D eigenvalue weighted by Gasteiger charge is -2.37. The standard InChI is InChI=1S/C20H28N4O/c1-3-25-20-17(7-6-11-22-20)13-23-19-9-12-24(14-16(19)2)15-18-8-4-5-10-21-18/h4-8,10-11,16,19,23H,3,9,12-15H2,1-2H3. The topological polar surface area (TPSA) is 50.3 Å². The number of rotatable bonds is 7. The molecular weight excluding hydrogens is 312 g/mol. The van der Waals surface area contributed by atoms with E-state index in [9.17, 15) is 0 Å². The van der Waals surface area contributed by atoms with Crippen LogP contribution in [0.4, 0.5) is 0 Å². The average Bonchev–Trinajstić information content (AvgIpc) is 2.63. The molecule has 1 N–H and O–H groups in total. The maximum atomic E-state index is 5.62. The second kappa shape index (κ2) is 8.92. The number of likely N-dealkylation sites (tertiary alicyclic amines) is 1. The fraction of sp³-hybridized carbons (Fsp3) is 0.500. The smallest absolute Gasteiger partial charge is 0.217 e. The van der Waals surface area contributed by atoms with Gasteiger partial charge in [-0.3, -0.25) is 9.88 Å². The molecule has 1 aliphatic heterocycles. The fourth-order valence-corrected chi connectivity index (χ4v) is 3.47. The number of nitrogens with one attached hydrogen (secondary N) is 1. The molecule has 0 amide bonds. The molecule has 5 heteroatoms. The minimum absolute atomic E-state index is 0.523. The molecule has 1 saturated heterocycles. The molecule has 0 bridgehead atoms. The normalized spacial score (nSPS) is 21.2. The molecular formula is C20H28N4O. The van der Waals surface area contributed by atoms with Crippen molar-refractivity contribution in [2.45, 2.75) is 39.4 Å². The number of ether oxygens (including phenoxy) is 1. The number of nitrogens with zero attached hydrogens (tertiary/aromatic N) is 3. The lowest BCUT2D eigenvalue weighted by molar-refractivity contribution is 0.138. The van der Waals surface area contributed by atoms with Gasteiger partial charge in [0.05, 0.1) is 12.3 Å². The van der Waals surface area contributed by atoms with E-state index in [-0.39, 0.29) is 0 Å². The number of pyridine rings is 2. The third kappa shape index (κ3) is 5.00. The van der Waals surface area contributed by atoms with Gasteiger partial charge in [-0.25, -0.2) is 4.98 Å². The summed E-state index contributed by atoms with van der Waals surface area (Å²) >= 11 is 0. The van der Waals surface area contributed by atoms with Gasteiger partial charge in [-0.05, 0) is 37.5 Å². The molecule has 0 spiro atoms. The number of piperidine rings is 1. The Hall–Kier alpha value is -1.98. The fourth-order valence-electron chi connectivity index (χ4n) is 3.47. The molecule has 25 heavy (non-hydrogen) atoms. The van der Waals surface area contributed by atoms with Crippen LogP contribution in [0, 0.1) is 5.92 Å². The second-order valence-electron chi connectivity index (χ2n) is 6.71. The van der Waals surface area contributed by atoms with Gasteiger partial charge in [0.15, 0.2) is 0 Å². The molecule has 0 radical (unpaired) electrons. The third-order valence-electron chi connectivity index (χ3n) is 4.79. The predicted octanol–water partition coefficient (Wildman–Crippen LogP) is 2.88. The van der Waals surface area contributed by atoms with E-state index in [4.69, 9.17) is 4.74 Å². The molecule has 3 rings (SSSR count). The van der Waals surface area contributed by atoms with Gasteiger partial charge in [0.1, 0.15) is 0 Å². The van der Waals surface area contributed by atoms with Gasteiger partial charge < -0.3 is 10.1 Å². The summed E-state index contributed by atoms with van der Waals surface area (Å²) in [4.78, 5) is 11.3. The van der Waals surface area contributed by atoms with Gasteiger partial charge in [-0.2, -0.15) is 0 Å². The van der Waals surface area contributed by atoms with Crippen LogP contribution in [0.3, 0.4) is 0 Å². The Balaban J connectivity index is 1.50. The minimum atomic E-state index is 0.523. The van der Waals surface area contributed by atoms with E-state index in [0.717, 1.165) is 49.7 Å². The van der Waals surface area contributed by atoms with Crippen LogP contribution in [0.1, 0.15) is 31.5 Å². The monoisotopic (exact) mass is 340 g/mol. The van der Waals surface area contributed by atoms with Crippen LogP contribution in [0.5, 0.6) is 5.88 Å². The summed E-state index contributed by atoms with van der Waals surface area (Å²) in [5, 5.41) is 3.71. The van der Waals surface area contributed by atoms with E-state index < -0.39 is 0 Å². The highest BCUT2D eigenvalue weighted by Gasteiger charge is 2.26. The van der Waals surface area contributed by atoms with Crippen molar-refractivity contribution in [1.82, 2.24) is 20.2 Å². The maximum absolute atomic E-state index is 5.62. The van der Waals surface area contributed by atoms with Crippen molar-refractivity contribution >= 4 is 0 Å². The summed E-state index contributed by atoms with van der Waals surface area (Å²) in [5.41, 5.74) is 2.28. The van der Waals surface area contributed by atoms with Crippen molar-refractivity contribution in [3.8, 4) is 5.88 Å². The first-order chi connectivity index (χ1) is 12.3. The summed E-state index contributed by atoms with van der Waals surface area (Å²) in [7, 11) is 0. The molecule has 3 heterocycles. The van der Waals surface area contributed by atoms with E-state index in [1.807, 2.05) is 25.3 Å². The largest absolute Gasteiger partial charge is 0.478 e. The molecule has 134 valence electrons. The number of hydrogen-bond donors (Lipinski definition) is 1. The Kier molecular flexibility index (Phi) is 6.36.